The molecule has 2 aromatic carbocycles. The summed E-state index contributed by atoms with van der Waals surface area (Å²) in [5, 5.41) is 5.93. The maximum absolute atomic E-state index is 13.5. The molecule has 0 fully saturated rings. The van der Waals surface area contributed by atoms with Crippen LogP contribution < -0.4 is 10.6 Å². The van der Waals surface area contributed by atoms with Crippen molar-refractivity contribution in [3.05, 3.63) is 71.3 Å². The van der Waals surface area contributed by atoms with Gasteiger partial charge in [0.15, 0.2) is 0 Å². The smallest absolute Gasteiger partial charge is 0.411 e. The number of amides is 3. The van der Waals surface area contributed by atoms with Crippen molar-refractivity contribution in [1.29, 1.82) is 0 Å². The third-order valence-electron chi connectivity index (χ3n) is 6.08. The zero-order chi connectivity index (χ0) is 25.8. The zero-order valence-electron chi connectivity index (χ0n) is 21.5. The first-order valence-corrected chi connectivity index (χ1v) is 12.2. The second-order valence-electron chi connectivity index (χ2n) is 10.5. The Kier molecular flexibility index (Phi) is 8.20. The first-order chi connectivity index (χ1) is 16.5. The minimum Gasteiger partial charge on any atom is -0.444 e. The first kappa shape index (κ1) is 26.3. The number of hydrogen-bond donors (Lipinski definition) is 2. The van der Waals surface area contributed by atoms with E-state index in [1.54, 1.807) is 20.8 Å². The average molecular weight is 480 g/mol. The van der Waals surface area contributed by atoms with Crippen molar-refractivity contribution in [2.45, 2.75) is 78.2 Å². The predicted molar refractivity (Wildman–Crippen MR) is 135 cm³/mol. The van der Waals surface area contributed by atoms with Crippen molar-refractivity contribution in [3.63, 3.8) is 0 Å². The molecular formula is C28H37N3O4. The molecule has 0 aromatic heterocycles. The van der Waals surface area contributed by atoms with E-state index in [0.29, 0.717) is 6.42 Å². The molecule has 0 aliphatic carbocycles. The van der Waals surface area contributed by atoms with Crippen LogP contribution in [0.4, 0.5) is 4.79 Å². The van der Waals surface area contributed by atoms with Crippen LogP contribution in [-0.4, -0.2) is 40.5 Å². The summed E-state index contributed by atoms with van der Waals surface area (Å²) in [6.45, 7) is 11.3. The highest BCUT2D eigenvalue weighted by molar-refractivity contribution is 5.92. The monoisotopic (exact) mass is 479 g/mol. The lowest BCUT2D eigenvalue weighted by Crippen LogP contribution is -2.58. The summed E-state index contributed by atoms with van der Waals surface area (Å²) >= 11 is 0. The largest absolute Gasteiger partial charge is 0.444 e. The van der Waals surface area contributed by atoms with E-state index < -0.39 is 23.8 Å². The lowest BCUT2D eigenvalue weighted by Gasteiger charge is -2.37. The summed E-state index contributed by atoms with van der Waals surface area (Å²) in [5.41, 5.74) is 2.28. The fraction of sp³-hybridized carbons (Fsp3) is 0.464. The molecule has 0 saturated heterocycles. The summed E-state index contributed by atoms with van der Waals surface area (Å²) in [7, 11) is 0. The number of benzene rings is 2. The van der Waals surface area contributed by atoms with E-state index in [9.17, 15) is 14.4 Å². The van der Waals surface area contributed by atoms with Gasteiger partial charge in [-0.1, -0.05) is 68.4 Å². The topological polar surface area (TPSA) is 87.7 Å². The highest BCUT2D eigenvalue weighted by Crippen LogP contribution is 2.26. The van der Waals surface area contributed by atoms with E-state index in [-0.39, 0.29) is 30.3 Å². The van der Waals surface area contributed by atoms with Gasteiger partial charge in [-0.25, -0.2) is 4.79 Å². The number of hydrogen-bond acceptors (Lipinski definition) is 4. The van der Waals surface area contributed by atoms with Gasteiger partial charge in [-0.15, -0.1) is 0 Å². The highest BCUT2D eigenvalue weighted by Gasteiger charge is 2.38. The lowest BCUT2D eigenvalue weighted by atomic mass is 9.93. The fourth-order valence-electron chi connectivity index (χ4n) is 4.18. The van der Waals surface area contributed by atoms with Gasteiger partial charge in [-0.3, -0.25) is 14.5 Å². The molecular weight excluding hydrogens is 442 g/mol. The second-order valence-corrected chi connectivity index (χ2v) is 10.5. The van der Waals surface area contributed by atoms with Crippen LogP contribution in [0.15, 0.2) is 54.6 Å². The van der Waals surface area contributed by atoms with Crippen molar-refractivity contribution in [2.75, 3.05) is 0 Å². The van der Waals surface area contributed by atoms with Gasteiger partial charge < -0.3 is 15.4 Å². The van der Waals surface area contributed by atoms with Crippen LogP contribution in [0.1, 0.15) is 64.3 Å². The van der Waals surface area contributed by atoms with Gasteiger partial charge >= 0.3 is 6.09 Å². The first-order valence-electron chi connectivity index (χ1n) is 12.2. The molecule has 0 saturated carbocycles. The van der Waals surface area contributed by atoms with Crippen molar-refractivity contribution in [1.82, 2.24) is 15.5 Å². The number of nitrogens with one attached hydrogen (secondary N) is 2. The normalized spacial score (nSPS) is 17.2. The summed E-state index contributed by atoms with van der Waals surface area (Å²) in [4.78, 5) is 41.2. The molecule has 35 heavy (non-hydrogen) atoms. The Balaban J connectivity index is 1.79. The van der Waals surface area contributed by atoms with E-state index >= 15 is 0 Å². The van der Waals surface area contributed by atoms with Gasteiger partial charge in [0.25, 0.3) is 0 Å². The third-order valence-corrected chi connectivity index (χ3v) is 6.08. The van der Waals surface area contributed by atoms with E-state index in [2.05, 4.69) is 10.6 Å². The number of rotatable bonds is 6. The fourth-order valence-corrected chi connectivity index (χ4v) is 4.18. The molecule has 7 heteroatoms. The Morgan fingerprint density at radius 2 is 1.51 bits per heavy atom. The van der Waals surface area contributed by atoms with E-state index in [1.165, 1.54) is 4.90 Å². The number of carbonyl (C=O) groups excluding carboxylic acids is 3. The number of carbonyl (C=O) groups is 3. The second kappa shape index (κ2) is 10.9. The van der Waals surface area contributed by atoms with Crippen LogP contribution in [0.3, 0.4) is 0 Å². The minimum atomic E-state index is -0.777. The van der Waals surface area contributed by atoms with E-state index in [4.69, 9.17) is 4.74 Å². The molecule has 3 rings (SSSR count). The molecule has 1 unspecified atom stereocenters. The molecule has 3 atom stereocenters. The Morgan fingerprint density at radius 3 is 2.11 bits per heavy atom. The van der Waals surface area contributed by atoms with Gasteiger partial charge in [0.1, 0.15) is 17.7 Å². The Bertz CT molecular complexity index is 1050. The number of fused-ring (bicyclic) bond motifs is 1. The van der Waals surface area contributed by atoms with Gasteiger partial charge in [-0.05, 0) is 50.3 Å². The number of ether oxygens (including phenoxy) is 1. The summed E-state index contributed by atoms with van der Waals surface area (Å²) in [6.07, 6.45) is -0.191. The van der Waals surface area contributed by atoms with E-state index in [0.717, 1.165) is 16.7 Å². The SMILES string of the molecule is CC(NC(=O)[C@@H](NC(=O)[C@@H]1Cc2ccccc2CN1C(=O)OC(C)(C)C)C(C)C)c1ccccc1. The quantitative estimate of drug-likeness (QED) is 0.644. The van der Waals surface area contributed by atoms with Crippen LogP contribution in [0, 0.1) is 5.92 Å². The predicted octanol–water partition coefficient (Wildman–Crippen LogP) is 4.37. The molecule has 0 bridgehead atoms. The average Bonchev–Trinajstić information content (AvgIpc) is 2.80. The van der Waals surface area contributed by atoms with Crippen LogP contribution in [0.25, 0.3) is 0 Å². The standard InChI is InChI=1S/C28H37N3O4/c1-18(2)24(26(33)29-19(3)20-12-8-7-9-13-20)30-25(32)23-16-21-14-10-11-15-22(21)17-31(23)27(34)35-28(4,5)6/h7-15,18-19,23-24H,16-17H2,1-6H3,(H,29,33)(H,30,32)/t19?,23-,24-/m0/s1. The molecule has 7 nitrogen and oxygen atoms in total. The van der Waals surface area contributed by atoms with Crippen molar-refractivity contribution in [3.8, 4) is 0 Å². The molecule has 2 aromatic rings. The number of nitrogens with zero attached hydrogens (tertiary/aromatic N) is 1. The van der Waals surface area contributed by atoms with Crippen molar-refractivity contribution < 1.29 is 19.1 Å². The molecule has 3 amide bonds. The molecule has 1 heterocycles. The molecule has 1 aliphatic rings. The third kappa shape index (κ3) is 6.84. The zero-order valence-corrected chi connectivity index (χ0v) is 21.5. The lowest BCUT2D eigenvalue weighted by molar-refractivity contribution is -0.133. The van der Waals surface area contributed by atoms with Crippen LogP contribution in [0.2, 0.25) is 0 Å². The minimum absolute atomic E-state index is 0.146. The Labute approximate surface area is 208 Å². The maximum Gasteiger partial charge on any atom is 0.411 e. The summed E-state index contributed by atoms with van der Waals surface area (Å²) in [5.74, 6) is -0.774. The van der Waals surface area contributed by atoms with Crippen molar-refractivity contribution in [2.24, 2.45) is 5.92 Å². The van der Waals surface area contributed by atoms with Crippen molar-refractivity contribution >= 4 is 17.9 Å². The van der Waals surface area contributed by atoms with Crippen LogP contribution in [-0.2, 0) is 27.3 Å². The molecule has 2 N–H and O–H groups in total. The van der Waals surface area contributed by atoms with Gasteiger partial charge in [-0.2, -0.15) is 0 Å². The maximum atomic E-state index is 13.5. The Morgan fingerprint density at radius 1 is 0.914 bits per heavy atom. The van der Waals surface area contributed by atoms with Gasteiger partial charge in [0.05, 0.1) is 12.6 Å². The molecule has 1 aliphatic heterocycles. The Hall–Kier alpha value is -3.35. The highest BCUT2D eigenvalue weighted by atomic mass is 16.6. The molecule has 188 valence electrons. The van der Waals surface area contributed by atoms with Gasteiger partial charge in [0.2, 0.25) is 11.8 Å². The molecule has 0 radical (unpaired) electrons. The van der Waals surface area contributed by atoms with E-state index in [1.807, 2.05) is 75.4 Å². The molecule has 0 spiro atoms. The summed E-state index contributed by atoms with van der Waals surface area (Å²) < 4.78 is 5.60. The summed E-state index contributed by atoms with van der Waals surface area (Å²) in [6, 6.07) is 15.7. The van der Waals surface area contributed by atoms with Crippen LogP contribution in [0.5, 0.6) is 0 Å². The van der Waals surface area contributed by atoms with Gasteiger partial charge in [0, 0.05) is 6.42 Å². The van der Waals surface area contributed by atoms with Crippen LogP contribution >= 0.6 is 0 Å².